The number of hydrogen-bond acceptors (Lipinski definition) is 7. The molecule has 3 rings (SSSR count). The molecule has 1 heterocycles. The maximum Gasteiger partial charge on any atom is 0.446 e. The Kier molecular flexibility index (Phi) is 6.18. The summed E-state index contributed by atoms with van der Waals surface area (Å²) in [6, 6.07) is 11.5. The van der Waals surface area contributed by atoms with E-state index in [1.807, 2.05) is 19.1 Å². The fraction of sp³-hybridized carbons (Fsp3) is 0.167. The fourth-order valence-electron chi connectivity index (χ4n) is 2.58. The number of hydrogen-bond donors (Lipinski definition) is 4. The zero-order chi connectivity index (χ0) is 21.7. The standard InChI is InChI=1S/C18H18N4O7S/c1-12(10-13-2-6-15(23)7-3-13)22-11-17(28-21-22)20-18(24)19-14-4-8-16(9-5-14)29-30(25,26)27/h2-9,11-12H,10H2,1H3,(H3-,19,20,21,23,24,25,26,27)/p+1. The van der Waals surface area contributed by atoms with Crippen molar-refractivity contribution in [2.75, 3.05) is 10.6 Å². The minimum absolute atomic E-state index is 0.0627. The molecule has 0 spiro atoms. The Hall–Kier alpha value is -3.64. The van der Waals surface area contributed by atoms with E-state index in [-0.39, 0.29) is 23.4 Å². The number of carbonyl (C=O) groups is 1. The number of amides is 2. The number of benzene rings is 2. The van der Waals surface area contributed by atoms with Crippen molar-refractivity contribution in [2.24, 2.45) is 0 Å². The maximum absolute atomic E-state index is 12.1. The van der Waals surface area contributed by atoms with Crippen LogP contribution in [-0.2, 0) is 16.8 Å². The molecule has 12 heteroatoms. The summed E-state index contributed by atoms with van der Waals surface area (Å²) in [6.07, 6.45) is 2.18. The SMILES string of the molecule is CC(Cc1ccc(O)cc1)[n+]1cc(NC(=O)Nc2ccc(OS(=O)(=O)O)cc2)on1. The van der Waals surface area contributed by atoms with Crippen LogP contribution in [0.5, 0.6) is 11.5 Å². The predicted molar refractivity (Wildman–Crippen MR) is 104 cm³/mol. The normalized spacial score (nSPS) is 12.2. The van der Waals surface area contributed by atoms with Crippen molar-refractivity contribution in [3.8, 4) is 11.5 Å². The monoisotopic (exact) mass is 435 g/mol. The Morgan fingerprint density at radius 1 is 1.17 bits per heavy atom. The van der Waals surface area contributed by atoms with Crippen LogP contribution in [0.15, 0.2) is 59.3 Å². The van der Waals surface area contributed by atoms with Crippen LogP contribution in [0.4, 0.5) is 16.4 Å². The van der Waals surface area contributed by atoms with Crippen LogP contribution in [0.2, 0.25) is 0 Å². The van der Waals surface area contributed by atoms with E-state index < -0.39 is 16.4 Å². The summed E-state index contributed by atoms with van der Waals surface area (Å²) in [7, 11) is -4.61. The number of aromatic nitrogens is 2. The van der Waals surface area contributed by atoms with Crippen LogP contribution in [0, 0.1) is 0 Å². The number of phenolic OH excluding ortho intramolecular Hbond substituents is 1. The van der Waals surface area contributed by atoms with E-state index >= 15 is 0 Å². The van der Waals surface area contributed by atoms with Crippen molar-refractivity contribution in [1.29, 1.82) is 0 Å². The molecule has 158 valence electrons. The lowest BCUT2D eigenvalue weighted by Crippen LogP contribution is -2.40. The molecule has 0 saturated carbocycles. The van der Waals surface area contributed by atoms with Crippen LogP contribution in [0.25, 0.3) is 0 Å². The van der Waals surface area contributed by atoms with Crippen molar-refractivity contribution in [3.05, 3.63) is 60.3 Å². The second-order valence-electron chi connectivity index (χ2n) is 6.38. The van der Waals surface area contributed by atoms with Gasteiger partial charge in [0.2, 0.25) is 5.27 Å². The van der Waals surface area contributed by atoms with Gasteiger partial charge < -0.3 is 14.6 Å². The van der Waals surface area contributed by atoms with Gasteiger partial charge in [0, 0.05) is 19.0 Å². The van der Waals surface area contributed by atoms with Crippen molar-refractivity contribution in [2.45, 2.75) is 19.4 Å². The molecule has 0 saturated heterocycles. The maximum atomic E-state index is 12.1. The summed E-state index contributed by atoms with van der Waals surface area (Å²) in [5.74, 6) is 0.206. The highest BCUT2D eigenvalue weighted by molar-refractivity contribution is 7.81. The number of nitrogens with zero attached hydrogens (tertiary/aromatic N) is 2. The highest BCUT2D eigenvalue weighted by Gasteiger charge is 2.21. The molecule has 1 aromatic heterocycles. The lowest BCUT2D eigenvalue weighted by molar-refractivity contribution is -0.782. The van der Waals surface area contributed by atoms with Crippen LogP contribution < -0.4 is 19.5 Å². The van der Waals surface area contributed by atoms with Crippen LogP contribution >= 0.6 is 0 Å². The molecule has 0 aliphatic heterocycles. The second-order valence-corrected chi connectivity index (χ2v) is 7.40. The van der Waals surface area contributed by atoms with E-state index in [2.05, 4.69) is 20.1 Å². The molecule has 0 bridgehead atoms. The average Bonchev–Trinajstić information content (AvgIpc) is 3.12. The van der Waals surface area contributed by atoms with Gasteiger partial charge in [-0.3, -0.25) is 14.4 Å². The molecule has 3 aromatic rings. The molecule has 4 N–H and O–H groups in total. The molecule has 30 heavy (non-hydrogen) atoms. The van der Waals surface area contributed by atoms with Gasteiger partial charge in [0.15, 0.2) is 6.04 Å². The van der Waals surface area contributed by atoms with E-state index in [9.17, 15) is 18.3 Å². The van der Waals surface area contributed by atoms with Gasteiger partial charge in [0.1, 0.15) is 11.5 Å². The lowest BCUT2D eigenvalue weighted by Gasteiger charge is -2.05. The molecular weight excluding hydrogens is 416 g/mol. The topological polar surface area (TPSA) is 155 Å². The van der Waals surface area contributed by atoms with E-state index in [1.165, 1.54) is 30.5 Å². The number of aromatic hydroxyl groups is 1. The number of urea groups is 1. The smallest absolute Gasteiger partial charge is 0.446 e. The molecular formula is C18H19N4O7S+. The van der Waals surface area contributed by atoms with Gasteiger partial charge in [-0.1, -0.05) is 12.1 Å². The minimum atomic E-state index is -4.61. The highest BCUT2D eigenvalue weighted by Crippen LogP contribution is 2.17. The largest absolute Gasteiger partial charge is 0.508 e. The molecule has 2 aromatic carbocycles. The van der Waals surface area contributed by atoms with Crippen molar-refractivity contribution in [3.63, 3.8) is 0 Å². The summed E-state index contributed by atoms with van der Waals surface area (Å²) in [4.78, 5) is 12.1. The number of rotatable bonds is 7. The fourth-order valence-corrected chi connectivity index (χ4v) is 2.93. The van der Waals surface area contributed by atoms with E-state index in [4.69, 9.17) is 9.08 Å². The Balaban J connectivity index is 1.54. The van der Waals surface area contributed by atoms with Crippen molar-refractivity contribution >= 4 is 28.0 Å². The summed E-state index contributed by atoms with van der Waals surface area (Å²) < 4.78 is 40.9. The van der Waals surface area contributed by atoms with E-state index in [0.717, 1.165) is 5.56 Å². The minimum Gasteiger partial charge on any atom is -0.508 e. The van der Waals surface area contributed by atoms with Gasteiger partial charge in [0.05, 0.1) is 0 Å². The summed E-state index contributed by atoms with van der Waals surface area (Å²) in [6.45, 7) is 1.93. The number of carbonyl (C=O) groups excluding carboxylic acids is 1. The molecule has 11 nitrogen and oxygen atoms in total. The van der Waals surface area contributed by atoms with Gasteiger partial charge >= 0.3 is 22.3 Å². The van der Waals surface area contributed by atoms with E-state index in [0.29, 0.717) is 12.1 Å². The summed E-state index contributed by atoms with van der Waals surface area (Å²) in [5.41, 5.74) is 1.35. The summed E-state index contributed by atoms with van der Waals surface area (Å²) >= 11 is 0. The zero-order valence-electron chi connectivity index (χ0n) is 15.7. The number of anilines is 2. The highest BCUT2D eigenvalue weighted by atomic mass is 32.3. The first-order valence-electron chi connectivity index (χ1n) is 8.69. The Morgan fingerprint density at radius 2 is 1.83 bits per heavy atom. The second kappa shape index (κ2) is 8.80. The zero-order valence-corrected chi connectivity index (χ0v) is 16.5. The molecule has 1 unspecified atom stereocenters. The Labute approximate surface area is 171 Å². The third-order valence-corrected chi connectivity index (χ3v) is 4.36. The third kappa shape index (κ3) is 6.18. The molecule has 0 fully saturated rings. The van der Waals surface area contributed by atoms with Gasteiger partial charge in [-0.2, -0.15) is 8.42 Å². The quantitative estimate of drug-likeness (QED) is 0.325. The molecule has 0 radical (unpaired) electrons. The van der Waals surface area contributed by atoms with Crippen LogP contribution in [-0.4, -0.2) is 29.4 Å². The van der Waals surface area contributed by atoms with Gasteiger partial charge in [-0.05, 0) is 46.6 Å². The Morgan fingerprint density at radius 3 is 2.47 bits per heavy atom. The first-order chi connectivity index (χ1) is 14.2. The first-order valence-corrected chi connectivity index (χ1v) is 10.1. The van der Waals surface area contributed by atoms with Crippen molar-refractivity contribution in [1.82, 2.24) is 5.27 Å². The van der Waals surface area contributed by atoms with Crippen LogP contribution in [0.3, 0.4) is 0 Å². The third-order valence-electron chi connectivity index (χ3n) is 3.95. The molecule has 1 atom stereocenters. The van der Waals surface area contributed by atoms with Crippen LogP contribution in [0.1, 0.15) is 18.5 Å². The average molecular weight is 435 g/mol. The number of phenols is 1. The molecule has 0 aliphatic rings. The first kappa shape index (κ1) is 21.1. The van der Waals surface area contributed by atoms with Gasteiger partial charge in [-0.25, -0.2) is 4.79 Å². The Bertz CT molecular complexity index is 1110. The van der Waals surface area contributed by atoms with Gasteiger partial charge in [-0.15, -0.1) is 0 Å². The summed E-state index contributed by atoms with van der Waals surface area (Å²) in [5, 5.41) is 18.2. The molecule has 0 aliphatic carbocycles. The van der Waals surface area contributed by atoms with Gasteiger partial charge in [0.25, 0.3) is 6.20 Å². The van der Waals surface area contributed by atoms with Crippen molar-refractivity contribution < 1.29 is 36.3 Å². The van der Waals surface area contributed by atoms with E-state index in [1.54, 1.807) is 16.8 Å². The lowest BCUT2D eigenvalue weighted by atomic mass is 10.1. The molecule has 2 amide bonds. The number of nitrogens with one attached hydrogen (secondary N) is 2. The predicted octanol–water partition coefficient (Wildman–Crippen LogP) is 2.30.